The minimum atomic E-state index is -0.392. The molecule has 0 spiro atoms. The van der Waals surface area contributed by atoms with Gasteiger partial charge < -0.3 is 15.0 Å². The van der Waals surface area contributed by atoms with Crippen LogP contribution >= 0.6 is 0 Å². The van der Waals surface area contributed by atoms with Crippen molar-refractivity contribution in [2.45, 2.75) is 38.8 Å². The largest absolute Gasteiger partial charge is 0.368 e. The van der Waals surface area contributed by atoms with Gasteiger partial charge in [0.05, 0.1) is 11.1 Å². The van der Waals surface area contributed by atoms with E-state index in [1.165, 1.54) is 17.7 Å². The number of aryl methyl sites for hydroxylation is 1. The zero-order valence-electron chi connectivity index (χ0n) is 17.9. The zero-order valence-corrected chi connectivity index (χ0v) is 17.9. The topological polar surface area (TPSA) is 71.5 Å². The molecule has 0 aliphatic carbocycles. The Morgan fingerprint density at radius 2 is 2.03 bits per heavy atom. The molecule has 2 aromatic carbocycles. The molecule has 5 rings (SSSR count). The third kappa shape index (κ3) is 3.96. The van der Waals surface area contributed by atoms with Crippen molar-refractivity contribution in [3.8, 4) is 0 Å². The molecule has 6 nitrogen and oxygen atoms in total. The van der Waals surface area contributed by atoms with Gasteiger partial charge in [0.15, 0.2) is 0 Å². The molecule has 1 atom stereocenters. The highest BCUT2D eigenvalue weighted by atomic mass is 19.1. The number of pyridine rings is 1. The van der Waals surface area contributed by atoms with Gasteiger partial charge in [-0.2, -0.15) is 0 Å². The smallest absolute Gasteiger partial charge is 0.254 e. The summed E-state index contributed by atoms with van der Waals surface area (Å²) in [6, 6.07) is 11.9. The number of anilines is 1. The Labute approximate surface area is 185 Å². The molecule has 1 fully saturated rings. The molecule has 2 aliphatic rings. The summed E-state index contributed by atoms with van der Waals surface area (Å²) in [5.41, 5.74) is 4.56. The van der Waals surface area contributed by atoms with Crippen LogP contribution in [0.2, 0.25) is 0 Å². The van der Waals surface area contributed by atoms with E-state index >= 15 is 0 Å². The van der Waals surface area contributed by atoms with Gasteiger partial charge >= 0.3 is 0 Å². The van der Waals surface area contributed by atoms with Crippen LogP contribution in [-0.4, -0.2) is 41.0 Å². The van der Waals surface area contributed by atoms with Crippen LogP contribution < -0.4 is 5.32 Å². The lowest BCUT2D eigenvalue weighted by molar-refractivity contribution is -0.124. The van der Waals surface area contributed by atoms with Gasteiger partial charge in [-0.1, -0.05) is 6.07 Å². The average Bonchev–Trinajstić information content (AvgIpc) is 3.32. The number of carbonyl (C=O) groups excluding carboxylic acids is 2. The molecule has 2 amide bonds. The third-order valence-electron chi connectivity index (χ3n) is 6.13. The number of hydrogen-bond acceptors (Lipinski definition) is 4. The van der Waals surface area contributed by atoms with Gasteiger partial charge in [-0.15, -0.1) is 0 Å². The van der Waals surface area contributed by atoms with Gasteiger partial charge in [0.2, 0.25) is 0 Å². The Morgan fingerprint density at radius 1 is 1.16 bits per heavy atom. The summed E-state index contributed by atoms with van der Waals surface area (Å²) in [6.45, 7) is 3.46. The minimum Gasteiger partial charge on any atom is -0.368 e. The van der Waals surface area contributed by atoms with Crippen LogP contribution in [0.25, 0.3) is 10.9 Å². The Balaban J connectivity index is 1.38. The standard InChI is InChI=1S/C25H24FN3O3/c1-15-11-21(20-7-5-18(26)13-22(20)27-15)25(31)29-9-8-16-4-6-19(12-17(16)14-29)28-24(30)23-3-2-10-32-23/h4-7,11-13,23H,2-3,8-10,14H2,1H3,(H,28,30). The normalized spacial score (nSPS) is 17.9. The van der Waals surface area contributed by atoms with Crippen LogP contribution in [0, 0.1) is 12.7 Å². The zero-order chi connectivity index (χ0) is 22.2. The molecule has 3 heterocycles. The molecule has 7 heteroatoms. The van der Waals surface area contributed by atoms with Crippen LogP contribution in [0.5, 0.6) is 0 Å². The molecule has 2 aliphatic heterocycles. The van der Waals surface area contributed by atoms with E-state index in [9.17, 15) is 14.0 Å². The van der Waals surface area contributed by atoms with Crippen LogP contribution in [0.3, 0.4) is 0 Å². The van der Waals surface area contributed by atoms with E-state index in [0.717, 1.165) is 24.8 Å². The molecule has 0 bridgehead atoms. The first-order valence-electron chi connectivity index (χ1n) is 10.9. The molecule has 1 aromatic heterocycles. The third-order valence-corrected chi connectivity index (χ3v) is 6.13. The number of rotatable bonds is 3. The number of benzene rings is 2. The highest BCUT2D eigenvalue weighted by molar-refractivity contribution is 6.06. The monoisotopic (exact) mass is 433 g/mol. The SMILES string of the molecule is Cc1cc(C(=O)N2CCc3ccc(NC(=O)C4CCCO4)cc3C2)c2ccc(F)cc2n1. The maximum absolute atomic E-state index is 13.7. The van der Waals surface area contributed by atoms with Crippen LogP contribution in [0.15, 0.2) is 42.5 Å². The Kier molecular flexibility index (Phi) is 5.35. The van der Waals surface area contributed by atoms with Gasteiger partial charge in [-0.3, -0.25) is 14.6 Å². The predicted molar refractivity (Wildman–Crippen MR) is 119 cm³/mol. The van der Waals surface area contributed by atoms with Crippen molar-refractivity contribution in [1.29, 1.82) is 0 Å². The fourth-order valence-electron chi connectivity index (χ4n) is 4.50. The Bertz CT molecular complexity index is 1220. The van der Waals surface area contributed by atoms with Gasteiger partial charge in [0.25, 0.3) is 11.8 Å². The van der Waals surface area contributed by atoms with Gasteiger partial charge in [0.1, 0.15) is 11.9 Å². The molecule has 32 heavy (non-hydrogen) atoms. The Hall–Kier alpha value is -3.32. The number of aromatic nitrogens is 1. The second-order valence-corrected chi connectivity index (χ2v) is 8.42. The Morgan fingerprint density at radius 3 is 2.84 bits per heavy atom. The maximum atomic E-state index is 13.7. The number of amides is 2. The molecule has 0 saturated carbocycles. The van der Waals surface area contributed by atoms with Crippen molar-refractivity contribution >= 4 is 28.4 Å². The summed E-state index contributed by atoms with van der Waals surface area (Å²) in [5.74, 6) is -0.609. The van der Waals surface area contributed by atoms with E-state index in [0.29, 0.717) is 47.5 Å². The molecule has 164 valence electrons. The number of halogens is 1. The number of hydrogen-bond donors (Lipinski definition) is 1. The van der Waals surface area contributed by atoms with Crippen molar-refractivity contribution in [2.75, 3.05) is 18.5 Å². The van der Waals surface area contributed by atoms with Gasteiger partial charge in [0, 0.05) is 42.5 Å². The van der Waals surface area contributed by atoms with E-state index in [1.54, 1.807) is 24.0 Å². The predicted octanol–water partition coefficient (Wildman–Crippen LogP) is 4.00. The lowest BCUT2D eigenvalue weighted by Crippen LogP contribution is -2.36. The quantitative estimate of drug-likeness (QED) is 0.678. The summed E-state index contributed by atoms with van der Waals surface area (Å²) >= 11 is 0. The number of nitrogens with one attached hydrogen (secondary N) is 1. The fraction of sp³-hybridized carbons (Fsp3) is 0.320. The highest BCUT2D eigenvalue weighted by Crippen LogP contribution is 2.27. The fourth-order valence-corrected chi connectivity index (χ4v) is 4.50. The van der Waals surface area contributed by atoms with Crippen LogP contribution in [0.1, 0.15) is 40.0 Å². The van der Waals surface area contributed by atoms with Crippen molar-refractivity contribution in [3.63, 3.8) is 0 Å². The number of carbonyl (C=O) groups is 2. The van der Waals surface area contributed by atoms with E-state index < -0.39 is 6.10 Å². The van der Waals surface area contributed by atoms with E-state index in [-0.39, 0.29) is 17.6 Å². The first-order chi connectivity index (χ1) is 15.5. The van der Waals surface area contributed by atoms with E-state index in [4.69, 9.17) is 4.74 Å². The summed E-state index contributed by atoms with van der Waals surface area (Å²) in [6.07, 6.45) is 1.98. The van der Waals surface area contributed by atoms with Crippen LogP contribution in [-0.2, 0) is 22.5 Å². The summed E-state index contributed by atoms with van der Waals surface area (Å²) in [7, 11) is 0. The van der Waals surface area contributed by atoms with E-state index in [1.807, 2.05) is 18.2 Å². The van der Waals surface area contributed by atoms with Crippen molar-refractivity contribution in [1.82, 2.24) is 9.88 Å². The maximum Gasteiger partial charge on any atom is 0.254 e. The molecule has 3 aromatic rings. The number of fused-ring (bicyclic) bond motifs is 2. The minimum absolute atomic E-state index is 0.105. The second kappa shape index (κ2) is 8.31. The number of ether oxygens (including phenoxy) is 1. The molecule has 1 saturated heterocycles. The summed E-state index contributed by atoms with van der Waals surface area (Å²) in [4.78, 5) is 32.0. The lowest BCUT2D eigenvalue weighted by Gasteiger charge is -2.30. The summed E-state index contributed by atoms with van der Waals surface area (Å²) < 4.78 is 19.1. The van der Waals surface area contributed by atoms with Gasteiger partial charge in [-0.05, 0) is 67.6 Å². The summed E-state index contributed by atoms with van der Waals surface area (Å²) in [5, 5.41) is 3.58. The number of nitrogens with zero attached hydrogens (tertiary/aromatic N) is 2. The molecular weight excluding hydrogens is 409 g/mol. The highest BCUT2D eigenvalue weighted by Gasteiger charge is 2.26. The van der Waals surface area contributed by atoms with Crippen molar-refractivity contribution in [2.24, 2.45) is 0 Å². The lowest BCUT2D eigenvalue weighted by atomic mass is 9.97. The second-order valence-electron chi connectivity index (χ2n) is 8.42. The van der Waals surface area contributed by atoms with Crippen LogP contribution in [0.4, 0.5) is 10.1 Å². The van der Waals surface area contributed by atoms with Crippen molar-refractivity contribution < 1.29 is 18.7 Å². The first-order valence-corrected chi connectivity index (χ1v) is 10.9. The molecule has 1 unspecified atom stereocenters. The molecular formula is C25H24FN3O3. The molecule has 1 N–H and O–H groups in total. The van der Waals surface area contributed by atoms with Gasteiger partial charge in [-0.25, -0.2) is 4.39 Å². The first kappa shape index (κ1) is 20.6. The molecule has 0 radical (unpaired) electrons. The van der Waals surface area contributed by atoms with E-state index in [2.05, 4.69) is 10.3 Å². The average molecular weight is 433 g/mol. The van der Waals surface area contributed by atoms with Crippen molar-refractivity contribution in [3.05, 3.63) is 70.7 Å².